The van der Waals surface area contributed by atoms with Crippen LogP contribution in [0.4, 0.5) is 5.69 Å². The number of likely N-dealkylation sites (N-methyl/N-ethyl adjacent to an activating group) is 2. The molecule has 0 bridgehead atoms. The quantitative estimate of drug-likeness (QED) is 0.929. The molecular formula is C16H24ClN3O. The molecule has 1 amide bonds. The van der Waals surface area contributed by atoms with E-state index in [9.17, 15) is 4.79 Å². The van der Waals surface area contributed by atoms with Crippen molar-refractivity contribution in [1.29, 1.82) is 0 Å². The van der Waals surface area contributed by atoms with Gasteiger partial charge in [-0.2, -0.15) is 0 Å². The number of benzene rings is 1. The SMILES string of the molecule is CCNc1ccc(Cl)cc1C(=O)N(C)C1CCCN(C)C1. The summed E-state index contributed by atoms with van der Waals surface area (Å²) in [6.45, 7) is 4.83. The molecule has 4 nitrogen and oxygen atoms in total. The van der Waals surface area contributed by atoms with Crippen LogP contribution in [-0.4, -0.2) is 55.5 Å². The van der Waals surface area contributed by atoms with E-state index < -0.39 is 0 Å². The Labute approximate surface area is 132 Å². The summed E-state index contributed by atoms with van der Waals surface area (Å²) in [6, 6.07) is 5.71. The minimum absolute atomic E-state index is 0.0359. The standard InChI is InChI=1S/C16H24ClN3O/c1-4-18-15-8-7-12(17)10-14(15)16(21)20(3)13-6-5-9-19(2)11-13/h7-8,10,13,18H,4-6,9,11H2,1-3H3. The second-order valence-electron chi connectivity index (χ2n) is 5.69. The van der Waals surface area contributed by atoms with Crippen molar-refractivity contribution >= 4 is 23.2 Å². The molecular weight excluding hydrogens is 286 g/mol. The Bertz CT molecular complexity index is 506. The third-order valence-corrected chi connectivity index (χ3v) is 4.28. The van der Waals surface area contributed by atoms with Crippen LogP contribution < -0.4 is 5.32 Å². The van der Waals surface area contributed by atoms with Crippen LogP contribution in [0, 0.1) is 0 Å². The molecule has 0 spiro atoms. The van der Waals surface area contributed by atoms with Crippen molar-refractivity contribution in [3.63, 3.8) is 0 Å². The predicted octanol–water partition coefficient (Wildman–Crippen LogP) is 2.94. The maximum atomic E-state index is 12.8. The first-order valence-electron chi connectivity index (χ1n) is 7.52. The Balaban J connectivity index is 2.20. The van der Waals surface area contributed by atoms with E-state index in [4.69, 9.17) is 11.6 Å². The molecule has 1 aliphatic rings. The van der Waals surface area contributed by atoms with Gasteiger partial charge in [-0.25, -0.2) is 0 Å². The van der Waals surface area contributed by atoms with Gasteiger partial charge >= 0.3 is 0 Å². The van der Waals surface area contributed by atoms with Gasteiger partial charge in [0, 0.05) is 36.9 Å². The highest BCUT2D eigenvalue weighted by atomic mass is 35.5. The zero-order chi connectivity index (χ0) is 15.4. The second kappa shape index (κ2) is 7.14. The molecule has 1 aliphatic heterocycles. The first kappa shape index (κ1) is 16.1. The first-order chi connectivity index (χ1) is 10.0. The van der Waals surface area contributed by atoms with Crippen LogP contribution in [0.5, 0.6) is 0 Å². The molecule has 5 heteroatoms. The Kier molecular flexibility index (Phi) is 5.48. The molecule has 21 heavy (non-hydrogen) atoms. The van der Waals surface area contributed by atoms with Crippen molar-refractivity contribution in [2.24, 2.45) is 0 Å². The minimum Gasteiger partial charge on any atom is -0.385 e. The molecule has 1 aromatic rings. The highest BCUT2D eigenvalue weighted by molar-refractivity contribution is 6.31. The number of halogens is 1. The van der Waals surface area contributed by atoms with Crippen molar-refractivity contribution in [2.75, 3.05) is 39.0 Å². The van der Waals surface area contributed by atoms with Crippen LogP contribution in [0.1, 0.15) is 30.1 Å². The molecule has 1 fully saturated rings. The number of amides is 1. The van der Waals surface area contributed by atoms with E-state index in [1.165, 1.54) is 0 Å². The Morgan fingerprint density at radius 2 is 2.29 bits per heavy atom. The van der Waals surface area contributed by atoms with Crippen LogP contribution in [-0.2, 0) is 0 Å². The molecule has 116 valence electrons. The van der Waals surface area contributed by atoms with Crippen molar-refractivity contribution in [3.8, 4) is 0 Å². The number of nitrogens with one attached hydrogen (secondary N) is 1. The number of hydrogen-bond donors (Lipinski definition) is 1. The summed E-state index contributed by atoms with van der Waals surface area (Å²) in [5.41, 5.74) is 1.50. The Morgan fingerprint density at radius 1 is 1.52 bits per heavy atom. The third kappa shape index (κ3) is 3.89. The van der Waals surface area contributed by atoms with Gasteiger partial charge in [0.25, 0.3) is 5.91 Å². The van der Waals surface area contributed by atoms with E-state index in [1.807, 2.05) is 31.0 Å². The molecule has 1 atom stereocenters. The average Bonchev–Trinajstić information content (AvgIpc) is 2.48. The lowest BCUT2D eigenvalue weighted by Crippen LogP contribution is -2.47. The van der Waals surface area contributed by atoms with Crippen molar-refractivity contribution in [2.45, 2.75) is 25.8 Å². The van der Waals surface area contributed by atoms with Crippen LogP contribution in [0.25, 0.3) is 0 Å². The second-order valence-corrected chi connectivity index (χ2v) is 6.13. The highest BCUT2D eigenvalue weighted by Crippen LogP contribution is 2.24. The van der Waals surface area contributed by atoms with Crippen LogP contribution in [0.2, 0.25) is 5.02 Å². The molecule has 1 N–H and O–H groups in total. The van der Waals surface area contributed by atoms with Gasteiger partial charge in [0.1, 0.15) is 0 Å². The number of carbonyl (C=O) groups excluding carboxylic acids is 1. The summed E-state index contributed by atoms with van der Waals surface area (Å²) in [4.78, 5) is 16.9. The minimum atomic E-state index is 0.0359. The van der Waals surface area contributed by atoms with E-state index >= 15 is 0 Å². The van der Waals surface area contributed by atoms with E-state index in [0.29, 0.717) is 10.6 Å². The summed E-state index contributed by atoms with van der Waals surface area (Å²) >= 11 is 6.07. The maximum Gasteiger partial charge on any atom is 0.256 e. The molecule has 0 aromatic heterocycles. The van der Waals surface area contributed by atoms with E-state index in [-0.39, 0.29) is 11.9 Å². The van der Waals surface area contributed by atoms with E-state index in [1.54, 1.807) is 6.07 Å². The lowest BCUT2D eigenvalue weighted by atomic mass is 10.0. The predicted molar refractivity (Wildman–Crippen MR) is 88.2 cm³/mol. The summed E-state index contributed by atoms with van der Waals surface area (Å²) in [7, 11) is 4.00. The fourth-order valence-electron chi connectivity index (χ4n) is 2.85. The topological polar surface area (TPSA) is 35.6 Å². The number of nitrogens with zero attached hydrogens (tertiary/aromatic N) is 2. The molecule has 2 rings (SSSR count). The van der Waals surface area contributed by atoms with E-state index in [0.717, 1.165) is 38.2 Å². The summed E-state index contributed by atoms with van der Waals surface area (Å²) in [6.07, 6.45) is 2.19. The van der Waals surface area contributed by atoms with Gasteiger partial charge in [-0.05, 0) is 51.6 Å². The molecule has 0 radical (unpaired) electrons. The lowest BCUT2D eigenvalue weighted by Gasteiger charge is -2.36. The summed E-state index contributed by atoms with van der Waals surface area (Å²) in [5, 5.41) is 3.83. The molecule has 1 unspecified atom stereocenters. The smallest absolute Gasteiger partial charge is 0.256 e. The van der Waals surface area contributed by atoms with Gasteiger partial charge < -0.3 is 15.1 Å². The fraction of sp³-hybridized carbons (Fsp3) is 0.562. The maximum absolute atomic E-state index is 12.8. The number of piperidine rings is 1. The zero-order valence-corrected chi connectivity index (χ0v) is 13.8. The van der Waals surface area contributed by atoms with Gasteiger partial charge in [0.05, 0.1) is 5.56 Å². The number of likely N-dealkylation sites (tertiary alicyclic amines) is 1. The Morgan fingerprint density at radius 3 is 2.95 bits per heavy atom. The average molecular weight is 310 g/mol. The van der Waals surface area contributed by atoms with Crippen molar-refractivity contribution < 1.29 is 4.79 Å². The zero-order valence-electron chi connectivity index (χ0n) is 13.0. The van der Waals surface area contributed by atoms with Crippen molar-refractivity contribution in [1.82, 2.24) is 9.80 Å². The number of rotatable bonds is 4. The van der Waals surface area contributed by atoms with Gasteiger partial charge in [0.2, 0.25) is 0 Å². The largest absolute Gasteiger partial charge is 0.385 e. The van der Waals surface area contributed by atoms with Gasteiger partial charge in [-0.15, -0.1) is 0 Å². The number of hydrogen-bond acceptors (Lipinski definition) is 3. The van der Waals surface area contributed by atoms with Crippen molar-refractivity contribution in [3.05, 3.63) is 28.8 Å². The normalized spacial score (nSPS) is 19.3. The Hall–Kier alpha value is -1.26. The molecule has 1 heterocycles. The molecule has 1 saturated heterocycles. The molecule has 0 saturated carbocycles. The fourth-order valence-corrected chi connectivity index (χ4v) is 3.02. The summed E-state index contributed by atoms with van der Waals surface area (Å²) < 4.78 is 0. The van der Waals surface area contributed by atoms with Gasteiger partial charge in [0.15, 0.2) is 0 Å². The monoisotopic (exact) mass is 309 g/mol. The highest BCUT2D eigenvalue weighted by Gasteiger charge is 2.26. The lowest BCUT2D eigenvalue weighted by molar-refractivity contribution is 0.0645. The molecule has 1 aromatic carbocycles. The molecule has 0 aliphatic carbocycles. The van der Waals surface area contributed by atoms with Gasteiger partial charge in [-0.3, -0.25) is 4.79 Å². The van der Waals surface area contributed by atoms with Gasteiger partial charge in [-0.1, -0.05) is 11.6 Å². The van der Waals surface area contributed by atoms with E-state index in [2.05, 4.69) is 17.3 Å². The summed E-state index contributed by atoms with van der Waals surface area (Å²) in [5.74, 6) is 0.0359. The number of anilines is 1. The number of carbonyl (C=O) groups is 1. The van der Waals surface area contributed by atoms with Crippen LogP contribution in [0.15, 0.2) is 18.2 Å². The first-order valence-corrected chi connectivity index (χ1v) is 7.89. The third-order valence-electron chi connectivity index (χ3n) is 4.05. The van der Waals surface area contributed by atoms with Crippen LogP contribution >= 0.6 is 11.6 Å². The van der Waals surface area contributed by atoms with Crippen LogP contribution in [0.3, 0.4) is 0 Å².